The highest BCUT2D eigenvalue weighted by molar-refractivity contribution is 7.81. The van der Waals surface area contributed by atoms with E-state index in [0.717, 1.165) is 29.8 Å². The molecule has 1 fully saturated rings. The Morgan fingerprint density at radius 2 is 1.53 bits per heavy atom. The molecule has 0 radical (unpaired) electrons. The Bertz CT molecular complexity index is 1030. The number of nitrogens with zero attached hydrogens (tertiary/aromatic N) is 2. The van der Waals surface area contributed by atoms with E-state index in [2.05, 4.69) is 24.3 Å². The van der Waals surface area contributed by atoms with Gasteiger partial charge in [-0.15, -0.1) is 0 Å². The molecule has 0 bridgehead atoms. The number of aliphatic hydroxyl groups is 1. The van der Waals surface area contributed by atoms with Gasteiger partial charge >= 0.3 is 0 Å². The second-order valence-electron chi connectivity index (χ2n) is 7.42. The molecule has 0 unspecified atom stereocenters. The summed E-state index contributed by atoms with van der Waals surface area (Å²) in [5, 5.41) is 9.56. The van der Waals surface area contributed by atoms with Crippen molar-refractivity contribution in [1.82, 2.24) is 0 Å². The molecule has 1 N–H and O–H groups in total. The molecule has 0 aromatic heterocycles. The zero-order valence-electron chi connectivity index (χ0n) is 16.7. The molecule has 1 aliphatic heterocycles. The first-order valence-corrected chi connectivity index (χ1v) is 10.5. The van der Waals surface area contributed by atoms with Crippen LogP contribution in [0.3, 0.4) is 0 Å². The largest absolute Gasteiger partial charge is 0.396 e. The van der Waals surface area contributed by atoms with E-state index in [1.54, 1.807) is 4.90 Å². The Kier molecular flexibility index (Phi) is 6.21. The van der Waals surface area contributed by atoms with Gasteiger partial charge in [-0.2, -0.15) is 0 Å². The predicted molar refractivity (Wildman–Crippen MR) is 125 cm³/mol. The molecular weight excluding hydrogens is 392 g/mol. The van der Waals surface area contributed by atoms with E-state index in [4.69, 9.17) is 17.3 Å². The van der Waals surface area contributed by atoms with Crippen molar-refractivity contribution in [2.75, 3.05) is 23.0 Å². The third kappa shape index (κ3) is 4.42. The number of benzene rings is 3. The van der Waals surface area contributed by atoms with Crippen molar-refractivity contribution in [3.8, 4) is 0 Å². The fourth-order valence-corrected chi connectivity index (χ4v) is 4.09. The number of rotatable bonds is 7. The van der Waals surface area contributed by atoms with Crippen LogP contribution in [-0.2, 0) is 17.6 Å². The molecule has 3 aromatic rings. The lowest BCUT2D eigenvalue weighted by molar-refractivity contribution is -0.115. The summed E-state index contributed by atoms with van der Waals surface area (Å²) in [7, 11) is 0. The van der Waals surface area contributed by atoms with Gasteiger partial charge in [-0.25, -0.2) is 0 Å². The summed E-state index contributed by atoms with van der Waals surface area (Å²) in [6.45, 7) is 0.386. The molecule has 0 aliphatic carbocycles. The van der Waals surface area contributed by atoms with Crippen LogP contribution in [-0.4, -0.2) is 29.3 Å². The van der Waals surface area contributed by atoms with E-state index in [-0.39, 0.29) is 19.1 Å². The summed E-state index contributed by atoms with van der Waals surface area (Å²) < 4.78 is 0. The fourth-order valence-electron chi connectivity index (χ4n) is 3.72. The molecule has 0 atom stereocenters. The third-order valence-corrected chi connectivity index (χ3v) is 5.66. The van der Waals surface area contributed by atoms with Gasteiger partial charge in [-0.3, -0.25) is 9.69 Å². The summed E-state index contributed by atoms with van der Waals surface area (Å²) in [5.41, 5.74) is 5.27. The summed E-state index contributed by atoms with van der Waals surface area (Å²) in [6, 6.07) is 26.4. The van der Waals surface area contributed by atoms with Crippen molar-refractivity contribution < 1.29 is 9.90 Å². The monoisotopic (exact) mass is 416 g/mol. The molecule has 4 rings (SSSR count). The molecule has 0 saturated carbocycles. The number of carbonyl (C=O) groups is 1. The Labute approximate surface area is 182 Å². The summed E-state index contributed by atoms with van der Waals surface area (Å²) in [4.78, 5) is 16.2. The van der Waals surface area contributed by atoms with Crippen molar-refractivity contribution in [1.29, 1.82) is 0 Å². The van der Waals surface area contributed by atoms with E-state index < -0.39 is 0 Å². The Morgan fingerprint density at radius 3 is 2.27 bits per heavy atom. The molecule has 4 nitrogen and oxygen atoms in total. The minimum atomic E-state index is -0.0346. The predicted octanol–water partition coefficient (Wildman–Crippen LogP) is 4.34. The summed E-state index contributed by atoms with van der Waals surface area (Å²) in [6.07, 6.45) is 2.34. The quantitative estimate of drug-likeness (QED) is 0.582. The topological polar surface area (TPSA) is 43.8 Å². The Morgan fingerprint density at radius 1 is 0.833 bits per heavy atom. The van der Waals surface area contributed by atoms with E-state index in [0.29, 0.717) is 11.5 Å². The van der Waals surface area contributed by atoms with Gasteiger partial charge in [0.05, 0.1) is 5.69 Å². The molecule has 1 heterocycles. The molecule has 1 amide bonds. The van der Waals surface area contributed by atoms with Gasteiger partial charge in [0.2, 0.25) is 0 Å². The highest BCUT2D eigenvalue weighted by Crippen LogP contribution is 2.27. The zero-order chi connectivity index (χ0) is 20.9. The van der Waals surface area contributed by atoms with Gasteiger partial charge in [0, 0.05) is 12.3 Å². The number of anilines is 2. The van der Waals surface area contributed by atoms with Crippen LogP contribution in [0.15, 0.2) is 78.9 Å². The lowest BCUT2D eigenvalue weighted by Crippen LogP contribution is -2.32. The van der Waals surface area contributed by atoms with E-state index in [1.807, 2.05) is 59.5 Å². The standard InChI is InChI=1S/C25H24N2O2S/c28-15-5-9-20-8-4-10-23(17-20)27-24(29)18-26(25(27)30)22-13-11-21(12-14-22)16-19-6-2-1-3-7-19/h1-4,6-8,10-14,17,28H,5,9,15-16,18H2. The van der Waals surface area contributed by atoms with Gasteiger partial charge in [0.1, 0.15) is 6.54 Å². The smallest absolute Gasteiger partial charge is 0.253 e. The van der Waals surface area contributed by atoms with Crippen molar-refractivity contribution in [3.63, 3.8) is 0 Å². The average molecular weight is 417 g/mol. The molecule has 3 aromatic carbocycles. The van der Waals surface area contributed by atoms with Crippen LogP contribution in [0.5, 0.6) is 0 Å². The van der Waals surface area contributed by atoms with Crippen LogP contribution in [0.1, 0.15) is 23.1 Å². The van der Waals surface area contributed by atoms with Crippen LogP contribution in [0, 0.1) is 0 Å². The molecule has 30 heavy (non-hydrogen) atoms. The highest BCUT2D eigenvalue weighted by Gasteiger charge is 2.34. The molecule has 0 spiro atoms. The average Bonchev–Trinajstić information content (AvgIpc) is 3.07. The van der Waals surface area contributed by atoms with Crippen LogP contribution in [0.25, 0.3) is 0 Å². The van der Waals surface area contributed by atoms with Crippen molar-refractivity contribution >= 4 is 34.6 Å². The second kappa shape index (κ2) is 9.20. The van der Waals surface area contributed by atoms with E-state index in [1.165, 1.54) is 11.1 Å². The van der Waals surface area contributed by atoms with Crippen molar-refractivity contribution in [3.05, 3.63) is 95.6 Å². The van der Waals surface area contributed by atoms with Crippen LogP contribution in [0.4, 0.5) is 11.4 Å². The van der Waals surface area contributed by atoms with Crippen molar-refractivity contribution in [2.45, 2.75) is 19.3 Å². The number of aliphatic hydroxyl groups excluding tert-OH is 1. The molecular formula is C25H24N2O2S. The van der Waals surface area contributed by atoms with E-state index in [9.17, 15) is 4.79 Å². The van der Waals surface area contributed by atoms with Crippen LogP contribution < -0.4 is 9.80 Å². The second-order valence-corrected chi connectivity index (χ2v) is 7.79. The molecule has 152 valence electrons. The van der Waals surface area contributed by atoms with Crippen molar-refractivity contribution in [2.24, 2.45) is 0 Å². The fraction of sp³-hybridized carbons (Fsp3) is 0.200. The number of aryl methyl sites for hydroxylation is 1. The van der Waals surface area contributed by atoms with Gasteiger partial charge in [0.25, 0.3) is 5.91 Å². The van der Waals surface area contributed by atoms with Gasteiger partial charge in [-0.05, 0) is 72.4 Å². The summed E-state index contributed by atoms with van der Waals surface area (Å²) in [5.74, 6) is -0.0346. The first-order chi connectivity index (χ1) is 14.7. The number of hydrogen-bond donors (Lipinski definition) is 1. The minimum absolute atomic E-state index is 0.0346. The highest BCUT2D eigenvalue weighted by atomic mass is 32.1. The minimum Gasteiger partial charge on any atom is -0.396 e. The number of amides is 1. The normalized spacial score (nSPS) is 13.9. The number of hydrogen-bond acceptors (Lipinski definition) is 3. The van der Waals surface area contributed by atoms with Gasteiger partial charge in [0.15, 0.2) is 5.11 Å². The van der Waals surface area contributed by atoms with Gasteiger partial charge < -0.3 is 10.0 Å². The Balaban J connectivity index is 1.50. The third-order valence-electron chi connectivity index (χ3n) is 5.26. The van der Waals surface area contributed by atoms with Crippen LogP contribution >= 0.6 is 12.2 Å². The number of carbonyl (C=O) groups excluding carboxylic acids is 1. The van der Waals surface area contributed by atoms with Crippen LogP contribution in [0.2, 0.25) is 0 Å². The maximum absolute atomic E-state index is 12.8. The van der Waals surface area contributed by atoms with Gasteiger partial charge in [-0.1, -0.05) is 54.6 Å². The SMILES string of the molecule is O=C1CN(c2ccc(Cc3ccccc3)cc2)C(=S)N1c1cccc(CCCO)c1. The first kappa shape index (κ1) is 20.3. The molecule has 5 heteroatoms. The molecule has 1 saturated heterocycles. The maximum Gasteiger partial charge on any atom is 0.253 e. The lowest BCUT2D eigenvalue weighted by Gasteiger charge is -2.21. The van der Waals surface area contributed by atoms with E-state index >= 15 is 0 Å². The zero-order valence-corrected chi connectivity index (χ0v) is 17.5. The summed E-state index contributed by atoms with van der Waals surface area (Å²) >= 11 is 5.66. The lowest BCUT2D eigenvalue weighted by atomic mass is 10.0. The number of thiocarbonyl (C=S) groups is 1. The Hall–Kier alpha value is -3.02. The molecule has 1 aliphatic rings. The maximum atomic E-state index is 12.8. The first-order valence-electron chi connectivity index (χ1n) is 10.1.